The van der Waals surface area contributed by atoms with E-state index in [1.165, 1.54) is 4.57 Å². The number of carbonyl (C=O) groups is 1. The number of ether oxygens (including phenoxy) is 2. The van der Waals surface area contributed by atoms with Crippen molar-refractivity contribution in [2.75, 3.05) is 13.3 Å². The Bertz CT molecular complexity index is 1120. The molecule has 0 saturated heterocycles. The van der Waals surface area contributed by atoms with Crippen LogP contribution in [0.25, 0.3) is 10.9 Å². The van der Waals surface area contributed by atoms with Crippen molar-refractivity contribution in [3.8, 4) is 11.5 Å². The van der Waals surface area contributed by atoms with Crippen molar-refractivity contribution in [1.82, 2.24) is 14.5 Å². The lowest BCUT2D eigenvalue weighted by Crippen LogP contribution is -2.37. The molecule has 1 amide bonds. The minimum Gasteiger partial charge on any atom is -0.454 e. The Morgan fingerprint density at radius 2 is 1.96 bits per heavy atom. The third-order valence-corrected chi connectivity index (χ3v) is 5.08. The fourth-order valence-electron chi connectivity index (χ4n) is 3.54. The van der Waals surface area contributed by atoms with Gasteiger partial charge in [-0.1, -0.05) is 12.1 Å². The second kappa shape index (κ2) is 6.99. The lowest BCUT2D eigenvalue weighted by Gasteiger charge is -2.29. The van der Waals surface area contributed by atoms with E-state index in [9.17, 15) is 9.59 Å². The zero-order chi connectivity index (χ0) is 19.8. The minimum atomic E-state index is -0.384. The monoisotopic (exact) mass is 379 g/mol. The van der Waals surface area contributed by atoms with Gasteiger partial charge in [-0.3, -0.25) is 14.2 Å². The van der Waals surface area contributed by atoms with Gasteiger partial charge >= 0.3 is 0 Å². The van der Waals surface area contributed by atoms with Crippen molar-refractivity contribution < 1.29 is 14.3 Å². The van der Waals surface area contributed by atoms with Crippen LogP contribution in [0.1, 0.15) is 36.1 Å². The van der Waals surface area contributed by atoms with Crippen LogP contribution in [0.15, 0.2) is 47.3 Å². The number of carbonyl (C=O) groups excluding carboxylic acids is 1. The molecule has 0 saturated carbocycles. The summed E-state index contributed by atoms with van der Waals surface area (Å²) >= 11 is 0. The maximum absolute atomic E-state index is 13.2. The Kier molecular flexibility index (Phi) is 4.50. The molecule has 3 aromatic rings. The van der Waals surface area contributed by atoms with E-state index in [4.69, 9.17) is 9.47 Å². The predicted molar refractivity (Wildman–Crippen MR) is 105 cm³/mol. The molecule has 28 heavy (non-hydrogen) atoms. The van der Waals surface area contributed by atoms with E-state index >= 15 is 0 Å². The van der Waals surface area contributed by atoms with E-state index in [2.05, 4.69) is 4.98 Å². The first-order valence-electron chi connectivity index (χ1n) is 9.17. The second-order valence-corrected chi connectivity index (χ2v) is 6.69. The number of benzene rings is 2. The smallest absolute Gasteiger partial charge is 0.261 e. The molecule has 2 aromatic carbocycles. The van der Waals surface area contributed by atoms with Gasteiger partial charge in [0.05, 0.1) is 16.9 Å². The normalized spacial score (nSPS) is 13.5. The van der Waals surface area contributed by atoms with Crippen LogP contribution in [0.2, 0.25) is 0 Å². The molecule has 1 unspecified atom stereocenters. The van der Waals surface area contributed by atoms with Crippen LogP contribution >= 0.6 is 0 Å². The number of nitrogens with zero attached hydrogens (tertiary/aromatic N) is 3. The highest BCUT2D eigenvalue weighted by Crippen LogP contribution is 2.33. The highest BCUT2D eigenvalue weighted by atomic mass is 16.7. The van der Waals surface area contributed by atoms with E-state index in [0.29, 0.717) is 40.3 Å². The number of hydrogen-bond acceptors (Lipinski definition) is 5. The SMILES string of the molecule is CCN(C(=O)c1ccc2c(c1)OCO2)C(C)c1nc2ccccc2c(=O)n1C. The Morgan fingerprint density at radius 3 is 2.75 bits per heavy atom. The number of amides is 1. The third kappa shape index (κ3) is 2.89. The van der Waals surface area contributed by atoms with E-state index in [1.54, 1.807) is 36.2 Å². The summed E-state index contributed by atoms with van der Waals surface area (Å²) in [5, 5.41) is 0.561. The van der Waals surface area contributed by atoms with Gasteiger partial charge in [0.15, 0.2) is 11.5 Å². The van der Waals surface area contributed by atoms with Crippen molar-refractivity contribution >= 4 is 16.8 Å². The molecule has 0 fully saturated rings. The van der Waals surface area contributed by atoms with E-state index in [1.807, 2.05) is 32.0 Å². The topological polar surface area (TPSA) is 73.7 Å². The molecule has 4 rings (SSSR count). The van der Waals surface area contributed by atoms with Gasteiger partial charge in [0.25, 0.3) is 11.5 Å². The van der Waals surface area contributed by atoms with Crippen molar-refractivity contribution in [3.63, 3.8) is 0 Å². The number of hydrogen-bond donors (Lipinski definition) is 0. The molecule has 1 atom stereocenters. The van der Waals surface area contributed by atoms with Gasteiger partial charge in [-0.25, -0.2) is 4.98 Å². The lowest BCUT2D eigenvalue weighted by molar-refractivity contribution is 0.0691. The first kappa shape index (κ1) is 18.0. The maximum Gasteiger partial charge on any atom is 0.261 e. The number of fused-ring (bicyclic) bond motifs is 2. The van der Waals surface area contributed by atoms with Crippen LogP contribution in [0, 0.1) is 0 Å². The second-order valence-electron chi connectivity index (χ2n) is 6.69. The number of para-hydroxylation sites is 1. The van der Waals surface area contributed by atoms with Crippen molar-refractivity contribution in [2.24, 2.45) is 7.05 Å². The Hall–Kier alpha value is -3.35. The van der Waals surface area contributed by atoms with Crippen molar-refractivity contribution in [3.05, 3.63) is 64.2 Å². The minimum absolute atomic E-state index is 0.126. The molecule has 7 nitrogen and oxygen atoms in total. The number of rotatable bonds is 4. The standard InChI is InChI=1S/C21H21N3O4/c1-4-24(20(25)14-9-10-17-18(11-14)28-12-27-17)13(2)19-22-16-8-6-5-7-15(16)21(26)23(19)3/h5-11,13H,4,12H2,1-3H3. The van der Waals surface area contributed by atoms with Crippen LogP contribution < -0.4 is 15.0 Å². The predicted octanol–water partition coefficient (Wildman–Crippen LogP) is 2.89. The van der Waals surface area contributed by atoms with Gasteiger partial charge in [-0.15, -0.1) is 0 Å². The molecule has 7 heteroatoms. The molecule has 144 valence electrons. The Balaban J connectivity index is 1.72. The molecular formula is C21H21N3O4. The average Bonchev–Trinajstić information content (AvgIpc) is 3.19. The molecule has 2 heterocycles. The fourth-order valence-corrected chi connectivity index (χ4v) is 3.54. The van der Waals surface area contributed by atoms with Gasteiger partial charge in [0, 0.05) is 19.2 Å². The summed E-state index contributed by atoms with van der Waals surface area (Å²) in [4.78, 5) is 32.2. The summed E-state index contributed by atoms with van der Waals surface area (Å²) in [7, 11) is 1.69. The average molecular weight is 379 g/mol. The zero-order valence-corrected chi connectivity index (χ0v) is 16.0. The van der Waals surface area contributed by atoms with Crippen LogP contribution in [0.3, 0.4) is 0 Å². The van der Waals surface area contributed by atoms with Crippen LogP contribution in [0.4, 0.5) is 0 Å². The van der Waals surface area contributed by atoms with E-state index in [-0.39, 0.29) is 24.3 Å². The number of aromatic nitrogens is 2. The molecule has 1 aliphatic rings. The van der Waals surface area contributed by atoms with Crippen molar-refractivity contribution in [1.29, 1.82) is 0 Å². The van der Waals surface area contributed by atoms with E-state index in [0.717, 1.165) is 0 Å². The van der Waals surface area contributed by atoms with E-state index < -0.39 is 0 Å². The maximum atomic E-state index is 13.2. The molecule has 1 aliphatic heterocycles. The zero-order valence-electron chi connectivity index (χ0n) is 16.0. The third-order valence-electron chi connectivity index (χ3n) is 5.08. The summed E-state index contributed by atoms with van der Waals surface area (Å²) in [6.07, 6.45) is 0. The molecular weight excluding hydrogens is 358 g/mol. The highest BCUT2D eigenvalue weighted by molar-refractivity contribution is 5.95. The van der Waals surface area contributed by atoms with Gasteiger partial charge < -0.3 is 14.4 Å². The molecule has 1 aromatic heterocycles. The van der Waals surface area contributed by atoms with Gasteiger partial charge in [0.1, 0.15) is 5.82 Å². The summed E-state index contributed by atoms with van der Waals surface area (Å²) in [6, 6.07) is 12.0. The summed E-state index contributed by atoms with van der Waals surface area (Å²) in [6.45, 7) is 4.41. The van der Waals surface area contributed by atoms with Crippen LogP contribution in [-0.4, -0.2) is 33.7 Å². The summed E-state index contributed by atoms with van der Waals surface area (Å²) < 4.78 is 12.2. The first-order chi connectivity index (χ1) is 13.5. The molecule has 0 aliphatic carbocycles. The quantitative estimate of drug-likeness (QED) is 0.697. The molecule has 0 spiro atoms. The largest absolute Gasteiger partial charge is 0.454 e. The van der Waals surface area contributed by atoms with Gasteiger partial charge in [0.2, 0.25) is 6.79 Å². The Morgan fingerprint density at radius 1 is 1.21 bits per heavy atom. The van der Waals surface area contributed by atoms with Crippen molar-refractivity contribution in [2.45, 2.75) is 19.9 Å². The summed E-state index contributed by atoms with van der Waals surface area (Å²) in [5.74, 6) is 1.58. The van der Waals surface area contributed by atoms with Gasteiger partial charge in [-0.05, 0) is 44.2 Å². The van der Waals surface area contributed by atoms with Crippen LogP contribution in [-0.2, 0) is 7.05 Å². The highest BCUT2D eigenvalue weighted by Gasteiger charge is 2.26. The summed E-state index contributed by atoms with van der Waals surface area (Å²) in [5.41, 5.74) is 1.00. The fraction of sp³-hybridized carbons (Fsp3) is 0.286. The lowest BCUT2D eigenvalue weighted by atomic mass is 10.1. The first-order valence-corrected chi connectivity index (χ1v) is 9.17. The molecule has 0 bridgehead atoms. The molecule has 0 N–H and O–H groups in total. The Labute approximate surface area is 162 Å². The molecule has 0 radical (unpaired) electrons. The van der Waals surface area contributed by atoms with Gasteiger partial charge in [-0.2, -0.15) is 0 Å². The van der Waals surface area contributed by atoms with Crippen LogP contribution in [0.5, 0.6) is 11.5 Å².